The summed E-state index contributed by atoms with van der Waals surface area (Å²) in [4.78, 5) is 24.2. The zero-order valence-electron chi connectivity index (χ0n) is 13.8. The summed E-state index contributed by atoms with van der Waals surface area (Å²) in [5.41, 5.74) is 4.05. The molecule has 0 bridgehead atoms. The second-order valence-electron chi connectivity index (χ2n) is 5.94. The van der Waals surface area contributed by atoms with Gasteiger partial charge in [-0.2, -0.15) is 0 Å². The summed E-state index contributed by atoms with van der Waals surface area (Å²) < 4.78 is 2.10. The first-order valence-corrected chi connectivity index (χ1v) is 10.3. The summed E-state index contributed by atoms with van der Waals surface area (Å²) in [5, 5.41) is 9.11. The number of fused-ring (bicyclic) bond motifs is 1. The molecule has 134 valence electrons. The number of rotatable bonds is 4. The van der Waals surface area contributed by atoms with E-state index in [1.165, 1.54) is 0 Å². The van der Waals surface area contributed by atoms with E-state index in [0.717, 1.165) is 29.9 Å². The molecular weight excluding hydrogens is 568 g/mol. The van der Waals surface area contributed by atoms with E-state index in [1.54, 1.807) is 12.1 Å². The molecule has 3 aromatic carbocycles. The number of nitrogens with one attached hydrogen (secondary N) is 3. The van der Waals surface area contributed by atoms with Crippen LogP contribution in [-0.4, -0.2) is 11.8 Å². The lowest BCUT2D eigenvalue weighted by molar-refractivity contribution is 0.0879. The Kier molecular flexibility index (Phi) is 5.04. The lowest BCUT2D eigenvalue weighted by atomic mass is 10.1. The van der Waals surface area contributed by atoms with Gasteiger partial charge >= 0.3 is 0 Å². The van der Waals surface area contributed by atoms with Gasteiger partial charge in [0.25, 0.3) is 11.8 Å². The number of hydrogen-bond acceptors (Lipinski definition) is 4. The van der Waals surface area contributed by atoms with Crippen molar-refractivity contribution in [3.05, 3.63) is 78.9 Å². The highest BCUT2D eigenvalue weighted by Gasteiger charge is 2.28. The fraction of sp³-hybridized carbons (Fsp3) is 0. The van der Waals surface area contributed by atoms with Crippen LogP contribution in [0.1, 0.15) is 20.7 Å². The third-order valence-electron chi connectivity index (χ3n) is 4.16. The Balaban J connectivity index is 1.82. The van der Waals surface area contributed by atoms with Gasteiger partial charge in [0.2, 0.25) is 0 Å². The van der Waals surface area contributed by atoms with Crippen LogP contribution >= 0.6 is 45.2 Å². The molecule has 0 radical (unpaired) electrons. The molecule has 1 heterocycles. The highest BCUT2D eigenvalue weighted by molar-refractivity contribution is 14.1. The minimum Gasteiger partial charge on any atom is -0.353 e. The van der Waals surface area contributed by atoms with Gasteiger partial charge in [0, 0.05) is 7.14 Å². The van der Waals surface area contributed by atoms with Gasteiger partial charge in [-0.25, -0.2) is 0 Å². The van der Waals surface area contributed by atoms with E-state index >= 15 is 0 Å². The number of carbonyl (C=O) groups excluding carboxylic acids is 2. The van der Waals surface area contributed by atoms with E-state index in [2.05, 4.69) is 61.1 Å². The Hall–Kier alpha value is -2.14. The molecule has 0 atom stereocenters. The lowest BCUT2D eigenvalue weighted by Gasteiger charge is -2.17. The van der Waals surface area contributed by atoms with Crippen molar-refractivity contribution in [1.82, 2.24) is 5.32 Å². The van der Waals surface area contributed by atoms with Crippen LogP contribution in [0.5, 0.6) is 0 Å². The molecule has 0 spiro atoms. The Morgan fingerprint density at radius 3 is 1.44 bits per heavy atom. The zero-order valence-corrected chi connectivity index (χ0v) is 18.2. The van der Waals surface area contributed by atoms with Crippen molar-refractivity contribution >= 4 is 79.7 Å². The van der Waals surface area contributed by atoms with Gasteiger partial charge in [-0.3, -0.25) is 14.9 Å². The highest BCUT2D eigenvalue weighted by Crippen LogP contribution is 2.35. The van der Waals surface area contributed by atoms with Crippen molar-refractivity contribution in [3.63, 3.8) is 0 Å². The van der Waals surface area contributed by atoms with Gasteiger partial charge in [0.1, 0.15) is 0 Å². The predicted octanol–water partition coefficient (Wildman–Crippen LogP) is 5.27. The molecule has 0 aromatic heterocycles. The fourth-order valence-electron chi connectivity index (χ4n) is 2.84. The van der Waals surface area contributed by atoms with E-state index < -0.39 is 0 Å². The summed E-state index contributed by atoms with van der Waals surface area (Å²) in [6.45, 7) is 0. The largest absolute Gasteiger partial charge is 0.353 e. The quantitative estimate of drug-likeness (QED) is 0.291. The van der Waals surface area contributed by atoms with Crippen LogP contribution in [0.4, 0.5) is 22.7 Å². The van der Waals surface area contributed by atoms with E-state index in [9.17, 15) is 9.59 Å². The van der Waals surface area contributed by atoms with E-state index in [-0.39, 0.29) is 11.8 Å². The summed E-state index contributed by atoms with van der Waals surface area (Å²) in [6, 6.07) is 19.2. The van der Waals surface area contributed by atoms with Gasteiger partial charge in [0.05, 0.1) is 33.9 Å². The predicted molar refractivity (Wildman–Crippen MR) is 123 cm³/mol. The first-order valence-electron chi connectivity index (χ1n) is 8.10. The normalized spacial score (nSPS) is 12.5. The van der Waals surface area contributed by atoms with Crippen molar-refractivity contribution < 1.29 is 9.59 Å². The van der Waals surface area contributed by atoms with Crippen LogP contribution in [0, 0.1) is 7.14 Å². The number of benzene rings is 3. The molecule has 1 aliphatic rings. The molecule has 3 aromatic rings. The average Bonchev–Trinajstić information content (AvgIpc) is 2.92. The second kappa shape index (κ2) is 7.47. The first kappa shape index (κ1) is 18.2. The number of hydrogen-bond donors (Lipinski definition) is 3. The van der Waals surface area contributed by atoms with Crippen molar-refractivity contribution in [3.8, 4) is 0 Å². The van der Waals surface area contributed by atoms with Gasteiger partial charge in [0.15, 0.2) is 0 Å². The molecule has 1 aliphatic heterocycles. The molecule has 2 amide bonds. The monoisotopic (exact) mass is 581 g/mol. The van der Waals surface area contributed by atoms with Gasteiger partial charge in [-0.1, -0.05) is 24.3 Å². The zero-order chi connectivity index (χ0) is 19.0. The molecule has 7 heteroatoms. The standard InChI is InChI=1S/C20H13I2N3O2/c21-13-5-1-3-7-15(13)23-17-9-11-12(20(27)25-19(11)26)10-18(17)24-16-8-4-2-6-14(16)22/h1-10,23-24H,(H,25,26,27). The van der Waals surface area contributed by atoms with Crippen molar-refractivity contribution in [2.75, 3.05) is 10.6 Å². The van der Waals surface area contributed by atoms with Gasteiger partial charge < -0.3 is 10.6 Å². The van der Waals surface area contributed by atoms with Crippen molar-refractivity contribution in [1.29, 1.82) is 0 Å². The second-order valence-corrected chi connectivity index (χ2v) is 8.26. The summed E-state index contributed by atoms with van der Waals surface area (Å²) in [7, 11) is 0. The lowest BCUT2D eigenvalue weighted by Crippen LogP contribution is -2.19. The number of anilines is 4. The summed E-state index contributed by atoms with van der Waals surface area (Å²) in [6.07, 6.45) is 0. The topological polar surface area (TPSA) is 70.2 Å². The van der Waals surface area contributed by atoms with E-state index in [0.29, 0.717) is 11.1 Å². The maximum Gasteiger partial charge on any atom is 0.259 e. The van der Waals surface area contributed by atoms with E-state index in [4.69, 9.17) is 0 Å². The number of carbonyl (C=O) groups is 2. The van der Waals surface area contributed by atoms with Crippen molar-refractivity contribution in [2.45, 2.75) is 0 Å². The van der Waals surface area contributed by atoms with Gasteiger partial charge in [-0.05, 0) is 81.6 Å². The van der Waals surface area contributed by atoms with Crippen molar-refractivity contribution in [2.24, 2.45) is 0 Å². The molecule has 3 N–H and O–H groups in total. The SMILES string of the molecule is O=C1NC(=O)c2cc(Nc3ccccc3I)c(Nc3ccccc3I)cc21. The third-order valence-corrected chi connectivity index (χ3v) is 6.04. The number of halogens is 2. The average molecular weight is 581 g/mol. The smallest absolute Gasteiger partial charge is 0.259 e. The van der Waals surface area contributed by atoms with Crippen LogP contribution < -0.4 is 16.0 Å². The maximum absolute atomic E-state index is 12.1. The Labute approximate surface area is 183 Å². The summed E-state index contributed by atoms with van der Waals surface area (Å²) in [5.74, 6) is -0.747. The minimum absolute atomic E-state index is 0.373. The van der Waals surface area contributed by atoms with Gasteiger partial charge in [-0.15, -0.1) is 0 Å². The molecular formula is C20H13I2N3O2. The number of imide groups is 1. The molecule has 5 nitrogen and oxygen atoms in total. The van der Waals surface area contributed by atoms with Crippen LogP contribution in [0.3, 0.4) is 0 Å². The Bertz CT molecular complexity index is 998. The molecule has 0 saturated heterocycles. The molecule has 0 unspecified atom stereocenters. The molecule has 4 rings (SSSR count). The van der Waals surface area contributed by atoms with Crippen LogP contribution in [0.15, 0.2) is 60.7 Å². The van der Waals surface area contributed by atoms with Crippen LogP contribution in [0.2, 0.25) is 0 Å². The molecule has 0 aliphatic carbocycles. The molecule has 0 saturated carbocycles. The third kappa shape index (κ3) is 3.65. The summed E-state index contributed by atoms with van der Waals surface area (Å²) >= 11 is 4.51. The molecule has 27 heavy (non-hydrogen) atoms. The van der Waals surface area contributed by atoms with Crippen LogP contribution in [-0.2, 0) is 0 Å². The van der Waals surface area contributed by atoms with Crippen LogP contribution in [0.25, 0.3) is 0 Å². The highest BCUT2D eigenvalue weighted by atomic mass is 127. The minimum atomic E-state index is -0.373. The fourth-order valence-corrected chi connectivity index (χ4v) is 3.88. The number of para-hydroxylation sites is 2. The Morgan fingerprint density at radius 1 is 0.630 bits per heavy atom. The van der Waals surface area contributed by atoms with E-state index in [1.807, 2.05) is 48.5 Å². The number of amides is 2. The molecule has 0 fully saturated rings. The first-order chi connectivity index (χ1) is 13.0. The maximum atomic E-state index is 12.1. The Morgan fingerprint density at radius 2 is 1.04 bits per heavy atom.